The third kappa shape index (κ3) is 4.02. The first-order valence-electron chi connectivity index (χ1n) is 9.11. The van der Waals surface area contributed by atoms with Crippen molar-refractivity contribution in [3.05, 3.63) is 76.7 Å². The van der Waals surface area contributed by atoms with Gasteiger partial charge in [0.25, 0.3) is 0 Å². The van der Waals surface area contributed by atoms with Crippen LogP contribution in [0.4, 0.5) is 10.2 Å². The Bertz CT molecular complexity index is 1080. The van der Waals surface area contributed by atoms with E-state index < -0.39 is 11.8 Å². The topological polar surface area (TPSA) is 76.0 Å². The van der Waals surface area contributed by atoms with Crippen LogP contribution in [0.1, 0.15) is 22.4 Å². The van der Waals surface area contributed by atoms with Gasteiger partial charge in [0.1, 0.15) is 11.6 Å². The van der Waals surface area contributed by atoms with E-state index in [4.69, 9.17) is 0 Å². The zero-order valence-electron chi connectivity index (χ0n) is 15.7. The Labute approximate surface area is 171 Å². The lowest BCUT2D eigenvalue weighted by Gasteiger charge is -2.13. The van der Waals surface area contributed by atoms with Gasteiger partial charge in [-0.2, -0.15) is 16.9 Å². The van der Waals surface area contributed by atoms with Crippen LogP contribution in [0.15, 0.2) is 48.5 Å². The van der Waals surface area contributed by atoms with Crippen molar-refractivity contribution in [3.63, 3.8) is 0 Å². The zero-order valence-corrected chi connectivity index (χ0v) is 16.6. The lowest BCUT2D eigenvalue weighted by molar-refractivity contribution is -0.136. The number of rotatable bonds is 4. The van der Waals surface area contributed by atoms with E-state index in [0.29, 0.717) is 11.4 Å². The molecule has 6 nitrogen and oxygen atoms in total. The van der Waals surface area contributed by atoms with Crippen LogP contribution < -0.4 is 10.6 Å². The predicted molar refractivity (Wildman–Crippen MR) is 110 cm³/mol. The van der Waals surface area contributed by atoms with Crippen molar-refractivity contribution in [2.45, 2.75) is 25.0 Å². The maximum absolute atomic E-state index is 13.0. The number of aromatic nitrogens is 2. The highest BCUT2D eigenvalue weighted by atomic mass is 32.2. The number of fused-ring (bicyclic) bond motifs is 1. The zero-order chi connectivity index (χ0) is 20.4. The van der Waals surface area contributed by atoms with Gasteiger partial charge in [0, 0.05) is 23.6 Å². The van der Waals surface area contributed by atoms with E-state index in [2.05, 4.69) is 15.7 Å². The van der Waals surface area contributed by atoms with Gasteiger partial charge in [-0.1, -0.05) is 30.3 Å². The Kier molecular flexibility index (Phi) is 5.35. The Balaban J connectivity index is 1.52. The highest BCUT2D eigenvalue weighted by molar-refractivity contribution is 7.98. The molecule has 3 aromatic rings. The molecule has 1 aliphatic heterocycles. The Morgan fingerprint density at radius 1 is 1.10 bits per heavy atom. The molecule has 0 aliphatic carbocycles. The van der Waals surface area contributed by atoms with Crippen LogP contribution in [0.25, 0.3) is 5.69 Å². The molecule has 29 heavy (non-hydrogen) atoms. The highest BCUT2D eigenvalue weighted by Gasteiger charge is 2.26. The molecule has 0 bridgehead atoms. The standard InChI is InChI=1S/C21H19FN4O2S/c1-13-4-2-3-5-18(13)26-19(16-11-29-12-17(16)25-26)24-21(28)20(27)23-10-14-6-8-15(22)9-7-14/h2-9H,10-12H2,1H3,(H,23,27)(H,24,28). The molecule has 4 rings (SSSR count). The maximum Gasteiger partial charge on any atom is 0.314 e. The summed E-state index contributed by atoms with van der Waals surface area (Å²) in [6.45, 7) is 2.11. The van der Waals surface area contributed by atoms with Gasteiger partial charge in [0.2, 0.25) is 0 Å². The van der Waals surface area contributed by atoms with Crippen LogP contribution in [-0.2, 0) is 27.6 Å². The second kappa shape index (κ2) is 8.08. The van der Waals surface area contributed by atoms with E-state index in [1.165, 1.54) is 12.1 Å². The summed E-state index contributed by atoms with van der Waals surface area (Å²) in [6.07, 6.45) is 0. The molecule has 2 N–H and O–H groups in total. The average Bonchev–Trinajstić information content (AvgIpc) is 3.30. The van der Waals surface area contributed by atoms with E-state index in [1.54, 1.807) is 28.6 Å². The van der Waals surface area contributed by atoms with Crippen LogP contribution in [0.3, 0.4) is 0 Å². The molecule has 1 aliphatic rings. The minimum Gasteiger partial charge on any atom is -0.344 e. The van der Waals surface area contributed by atoms with Gasteiger partial charge in [-0.15, -0.1) is 0 Å². The van der Waals surface area contributed by atoms with E-state index in [0.717, 1.165) is 34.0 Å². The number of para-hydroxylation sites is 1. The molecule has 0 spiro atoms. The number of carbonyl (C=O) groups is 2. The fourth-order valence-electron chi connectivity index (χ4n) is 3.15. The van der Waals surface area contributed by atoms with Crippen LogP contribution in [0.5, 0.6) is 0 Å². The third-order valence-corrected chi connectivity index (χ3v) is 5.67. The van der Waals surface area contributed by atoms with Crippen molar-refractivity contribution in [2.24, 2.45) is 0 Å². The first-order valence-corrected chi connectivity index (χ1v) is 10.3. The number of amides is 2. The number of nitrogens with zero attached hydrogens (tertiary/aromatic N) is 2. The molecule has 8 heteroatoms. The van der Waals surface area contributed by atoms with E-state index in [1.807, 2.05) is 31.2 Å². The Hall–Kier alpha value is -3.13. The summed E-state index contributed by atoms with van der Waals surface area (Å²) in [4.78, 5) is 24.8. The van der Waals surface area contributed by atoms with Crippen molar-refractivity contribution in [3.8, 4) is 5.69 Å². The van der Waals surface area contributed by atoms with Gasteiger partial charge in [-0.25, -0.2) is 9.07 Å². The fourth-order valence-corrected chi connectivity index (χ4v) is 4.18. The lowest BCUT2D eigenvalue weighted by atomic mass is 10.2. The number of hydrogen-bond acceptors (Lipinski definition) is 4. The quantitative estimate of drug-likeness (QED) is 0.647. The summed E-state index contributed by atoms with van der Waals surface area (Å²) in [5, 5.41) is 9.95. The number of halogens is 1. The minimum absolute atomic E-state index is 0.136. The van der Waals surface area contributed by atoms with Crippen LogP contribution in [0, 0.1) is 12.7 Å². The van der Waals surface area contributed by atoms with Crippen molar-refractivity contribution in [2.75, 3.05) is 5.32 Å². The molecular weight excluding hydrogens is 391 g/mol. The number of hydrogen-bond donors (Lipinski definition) is 2. The van der Waals surface area contributed by atoms with Crippen molar-refractivity contribution >= 4 is 29.4 Å². The summed E-state index contributed by atoms with van der Waals surface area (Å²) in [5.41, 5.74) is 4.43. The number of anilines is 1. The van der Waals surface area contributed by atoms with Crippen molar-refractivity contribution < 1.29 is 14.0 Å². The molecule has 0 atom stereocenters. The first kappa shape index (κ1) is 19.2. The molecule has 2 amide bonds. The van der Waals surface area contributed by atoms with E-state index >= 15 is 0 Å². The molecule has 148 valence electrons. The number of thioether (sulfide) groups is 1. The summed E-state index contributed by atoms with van der Waals surface area (Å²) >= 11 is 1.72. The number of carbonyl (C=O) groups excluding carboxylic acids is 2. The minimum atomic E-state index is -0.762. The smallest absolute Gasteiger partial charge is 0.314 e. The summed E-state index contributed by atoms with van der Waals surface area (Å²) in [7, 11) is 0. The molecule has 2 heterocycles. The van der Waals surface area contributed by atoms with Crippen LogP contribution in [-0.4, -0.2) is 21.6 Å². The second-order valence-corrected chi connectivity index (χ2v) is 7.71. The molecule has 0 radical (unpaired) electrons. The molecular formula is C21H19FN4O2S. The van der Waals surface area contributed by atoms with Crippen LogP contribution >= 0.6 is 11.8 Å². The van der Waals surface area contributed by atoms with Gasteiger partial charge < -0.3 is 10.6 Å². The summed E-state index contributed by atoms with van der Waals surface area (Å²) in [6, 6.07) is 13.5. The van der Waals surface area contributed by atoms with Crippen LogP contribution in [0.2, 0.25) is 0 Å². The Morgan fingerprint density at radius 2 is 1.86 bits per heavy atom. The summed E-state index contributed by atoms with van der Waals surface area (Å²) < 4.78 is 14.7. The third-order valence-electron chi connectivity index (χ3n) is 4.70. The SMILES string of the molecule is Cc1ccccc1-n1nc2c(c1NC(=O)C(=O)NCc1ccc(F)cc1)CSC2. The number of aryl methyl sites for hydroxylation is 1. The fraction of sp³-hybridized carbons (Fsp3) is 0.190. The first-order chi connectivity index (χ1) is 14.0. The molecule has 0 saturated heterocycles. The molecule has 0 fully saturated rings. The second-order valence-electron chi connectivity index (χ2n) is 6.73. The molecule has 2 aromatic carbocycles. The van der Waals surface area contributed by atoms with E-state index in [9.17, 15) is 14.0 Å². The van der Waals surface area contributed by atoms with Crippen molar-refractivity contribution in [1.29, 1.82) is 0 Å². The highest BCUT2D eigenvalue weighted by Crippen LogP contribution is 2.36. The number of nitrogens with one attached hydrogen (secondary N) is 2. The van der Waals surface area contributed by atoms with Gasteiger partial charge in [0.15, 0.2) is 0 Å². The normalized spacial score (nSPS) is 12.5. The monoisotopic (exact) mass is 410 g/mol. The Morgan fingerprint density at radius 3 is 2.62 bits per heavy atom. The van der Waals surface area contributed by atoms with Gasteiger partial charge >= 0.3 is 11.8 Å². The summed E-state index contributed by atoms with van der Waals surface area (Å²) in [5.74, 6) is 0.157. The molecule has 0 unspecified atom stereocenters. The van der Waals surface area contributed by atoms with Gasteiger partial charge in [0.05, 0.1) is 11.4 Å². The maximum atomic E-state index is 13.0. The predicted octanol–water partition coefficient (Wildman–Crippen LogP) is 3.32. The van der Waals surface area contributed by atoms with Crippen molar-refractivity contribution in [1.82, 2.24) is 15.1 Å². The average molecular weight is 410 g/mol. The largest absolute Gasteiger partial charge is 0.344 e. The van der Waals surface area contributed by atoms with E-state index in [-0.39, 0.29) is 12.4 Å². The lowest BCUT2D eigenvalue weighted by Crippen LogP contribution is -2.35. The number of benzene rings is 2. The molecule has 1 aromatic heterocycles. The van der Waals surface area contributed by atoms with Gasteiger partial charge in [-0.05, 0) is 36.2 Å². The molecule has 0 saturated carbocycles. The van der Waals surface area contributed by atoms with Gasteiger partial charge in [-0.3, -0.25) is 9.59 Å².